The van der Waals surface area contributed by atoms with Crippen LogP contribution >= 0.6 is 0 Å². The molecule has 22 heavy (non-hydrogen) atoms. The molecule has 0 aromatic heterocycles. The summed E-state index contributed by atoms with van der Waals surface area (Å²) in [6.07, 6.45) is 3.68. The molecule has 0 heterocycles. The summed E-state index contributed by atoms with van der Waals surface area (Å²) in [5.74, 6) is 0. The molecule has 2 rings (SSSR count). The minimum absolute atomic E-state index is 0.403. The summed E-state index contributed by atoms with van der Waals surface area (Å²) < 4.78 is 0. The first-order valence-corrected chi connectivity index (χ1v) is 8.24. The average molecular weight is 296 g/mol. The van der Waals surface area contributed by atoms with Crippen LogP contribution in [0.15, 0.2) is 60.7 Å². The van der Waals surface area contributed by atoms with E-state index in [1.165, 1.54) is 30.4 Å². The van der Waals surface area contributed by atoms with Gasteiger partial charge in [0.15, 0.2) is 0 Å². The molecule has 0 bridgehead atoms. The van der Waals surface area contributed by atoms with Crippen LogP contribution < -0.4 is 5.32 Å². The van der Waals surface area contributed by atoms with Crippen LogP contribution in [0.4, 0.5) is 0 Å². The second-order valence-corrected chi connectivity index (χ2v) is 5.96. The van der Waals surface area contributed by atoms with Crippen molar-refractivity contribution in [3.8, 4) is 0 Å². The van der Waals surface area contributed by atoms with Gasteiger partial charge in [0.1, 0.15) is 0 Å². The molecule has 0 amide bonds. The van der Waals surface area contributed by atoms with Gasteiger partial charge in [-0.05, 0) is 51.0 Å². The molecule has 1 N–H and O–H groups in total. The van der Waals surface area contributed by atoms with Crippen molar-refractivity contribution >= 4 is 0 Å². The Morgan fingerprint density at radius 1 is 0.909 bits per heavy atom. The summed E-state index contributed by atoms with van der Waals surface area (Å²) >= 11 is 0. The molecule has 0 aliphatic heterocycles. The minimum Gasteiger partial charge on any atom is -0.312 e. The van der Waals surface area contributed by atoms with Gasteiger partial charge >= 0.3 is 0 Å². The molecular weight excluding hydrogens is 268 g/mol. The van der Waals surface area contributed by atoms with Gasteiger partial charge in [0, 0.05) is 12.6 Å². The third kappa shape index (κ3) is 5.63. The van der Waals surface area contributed by atoms with Crippen molar-refractivity contribution in [2.24, 2.45) is 0 Å². The summed E-state index contributed by atoms with van der Waals surface area (Å²) in [6.45, 7) is 2.20. The second-order valence-electron chi connectivity index (χ2n) is 5.96. The highest BCUT2D eigenvalue weighted by molar-refractivity contribution is 5.19. The van der Waals surface area contributed by atoms with E-state index in [2.05, 4.69) is 77.9 Å². The Morgan fingerprint density at radius 3 is 2.18 bits per heavy atom. The van der Waals surface area contributed by atoms with E-state index in [1.54, 1.807) is 0 Å². The lowest BCUT2D eigenvalue weighted by Crippen LogP contribution is -2.31. The Hall–Kier alpha value is -1.64. The monoisotopic (exact) mass is 296 g/mol. The van der Waals surface area contributed by atoms with Crippen molar-refractivity contribution in [1.82, 2.24) is 10.2 Å². The first-order chi connectivity index (χ1) is 10.8. The highest BCUT2D eigenvalue weighted by Gasteiger charge is 2.11. The lowest BCUT2D eigenvalue weighted by Gasteiger charge is -2.24. The first-order valence-electron chi connectivity index (χ1n) is 8.24. The fourth-order valence-corrected chi connectivity index (χ4v) is 2.81. The quantitative estimate of drug-likeness (QED) is 0.706. The van der Waals surface area contributed by atoms with Gasteiger partial charge in [0.25, 0.3) is 0 Å². The van der Waals surface area contributed by atoms with Crippen LogP contribution in [0, 0.1) is 0 Å². The predicted octanol–water partition coefficient (Wildman–Crippen LogP) is 3.90. The zero-order chi connectivity index (χ0) is 15.6. The maximum absolute atomic E-state index is 3.42. The molecule has 118 valence electrons. The lowest BCUT2D eigenvalue weighted by atomic mass is 10.1. The lowest BCUT2D eigenvalue weighted by molar-refractivity contribution is 0.291. The largest absolute Gasteiger partial charge is 0.312 e. The van der Waals surface area contributed by atoms with E-state index >= 15 is 0 Å². The van der Waals surface area contributed by atoms with Crippen molar-refractivity contribution in [3.05, 3.63) is 71.8 Å². The first kappa shape index (κ1) is 16.7. The van der Waals surface area contributed by atoms with E-state index in [-0.39, 0.29) is 0 Å². The molecule has 2 nitrogen and oxygen atoms in total. The van der Waals surface area contributed by atoms with Crippen LogP contribution in [-0.4, -0.2) is 32.1 Å². The molecule has 1 unspecified atom stereocenters. The van der Waals surface area contributed by atoms with Crippen molar-refractivity contribution < 1.29 is 0 Å². The van der Waals surface area contributed by atoms with Crippen molar-refractivity contribution in [2.75, 3.05) is 27.2 Å². The highest BCUT2D eigenvalue weighted by atomic mass is 15.1. The van der Waals surface area contributed by atoms with Gasteiger partial charge in [-0.25, -0.2) is 0 Å². The van der Waals surface area contributed by atoms with Gasteiger partial charge in [0.2, 0.25) is 0 Å². The molecule has 0 aliphatic carbocycles. The number of nitrogens with one attached hydrogen (secondary N) is 1. The van der Waals surface area contributed by atoms with Crippen molar-refractivity contribution in [2.45, 2.75) is 25.3 Å². The molecule has 0 saturated heterocycles. The van der Waals surface area contributed by atoms with E-state index < -0.39 is 0 Å². The number of aryl methyl sites for hydroxylation is 1. The smallest absolute Gasteiger partial charge is 0.0446 e. The normalized spacial score (nSPS) is 12.5. The van der Waals surface area contributed by atoms with E-state index in [0.29, 0.717) is 6.04 Å². The van der Waals surface area contributed by atoms with Crippen LogP contribution in [-0.2, 0) is 6.42 Å². The molecule has 0 spiro atoms. The minimum atomic E-state index is 0.403. The SMILES string of the molecule is CNC(CN(C)CCCCc1ccccc1)c1ccccc1. The van der Waals surface area contributed by atoms with Gasteiger partial charge in [-0.3, -0.25) is 0 Å². The maximum atomic E-state index is 3.42. The van der Waals surface area contributed by atoms with E-state index in [0.717, 1.165) is 13.1 Å². The Bertz CT molecular complexity index is 510. The Morgan fingerprint density at radius 2 is 1.55 bits per heavy atom. The third-order valence-corrected chi connectivity index (χ3v) is 4.14. The molecule has 0 fully saturated rings. The number of hydrogen-bond acceptors (Lipinski definition) is 2. The van der Waals surface area contributed by atoms with Crippen LogP contribution in [0.1, 0.15) is 30.0 Å². The van der Waals surface area contributed by atoms with E-state index in [1.807, 2.05) is 7.05 Å². The maximum Gasteiger partial charge on any atom is 0.0446 e. The van der Waals surface area contributed by atoms with Crippen LogP contribution in [0.3, 0.4) is 0 Å². The molecule has 2 aromatic carbocycles. The average Bonchev–Trinajstić information content (AvgIpc) is 2.58. The van der Waals surface area contributed by atoms with Gasteiger partial charge in [-0.2, -0.15) is 0 Å². The van der Waals surface area contributed by atoms with Crippen LogP contribution in [0.25, 0.3) is 0 Å². The number of likely N-dealkylation sites (N-methyl/N-ethyl adjacent to an activating group) is 2. The second kappa shape index (κ2) is 9.39. The van der Waals surface area contributed by atoms with Gasteiger partial charge < -0.3 is 10.2 Å². The standard InChI is InChI=1S/C20H28N2/c1-21-20(19-14-7-4-8-15-19)17-22(2)16-10-9-13-18-11-5-3-6-12-18/h3-8,11-12,14-15,20-21H,9-10,13,16-17H2,1-2H3. The number of benzene rings is 2. The fourth-order valence-electron chi connectivity index (χ4n) is 2.81. The van der Waals surface area contributed by atoms with Gasteiger partial charge in [-0.15, -0.1) is 0 Å². The predicted molar refractivity (Wildman–Crippen MR) is 95.1 cm³/mol. The molecule has 1 atom stereocenters. The van der Waals surface area contributed by atoms with Gasteiger partial charge in [-0.1, -0.05) is 60.7 Å². The summed E-state index contributed by atoms with van der Waals surface area (Å²) in [7, 11) is 4.26. The van der Waals surface area contributed by atoms with Crippen LogP contribution in [0.2, 0.25) is 0 Å². The number of unbranched alkanes of at least 4 members (excludes halogenated alkanes) is 1. The molecule has 2 heteroatoms. The summed E-state index contributed by atoms with van der Waals surface area (Å²) in [6, 6.07) is 21.9. The zero-order valence-corrected chi connectivity index (χ0v) is 13.8. The summed E-state index contributed by atoms with van der Waals surface area (Å²) in [5.41, 5.74) is 2.81. The Kier molecular flexibility index (Phi) is 7.14. The Balaban J connectivity index is 1.69. The molecular formula is C20H28N2. The summed E-state index contributed by atoms with van der Waals surface area (Å²) in [5, 5.41) is 3.42. The van der Waals surface area contributed by atoms with Crippen molar-refractivity contribution in [1.29, 1.82) is 0 Å². The van der Waals surface area contributed by atoms with E-state index in [4.69, 9.17) is 0 Å². The van der Waals surface area contributed by atoms with Crippen molar-refractivity contribution in [3.63, 3.8) is 0 Å². The van der Waals surface area contributed by atoms with Crippen LogP contribution in [0.5, 0.6) is 0 Å². The Labute approximate surface area is 135 Å². The fraction of sp³-hybridized carbons (Fsp3) is 0.400. The van der Waals surface area contributed by atoms with Gasteiger partial charge in [0.05, 0.1) is 0 Å². The number of hydrogen-bond donors (Lipinski definition) is 1. The molecule has 0 saturated carbocycles. The summed E-state index contributed by atoms with van der Waals surface area (Å²) in [4.78, 5) is 2.43. The molecule has 0 radical (unpaired) electrons. The molecule has 0 aliphatic rings. The number of rotatable bonds is 9. The topological polar surface area (TPSA) is 15.3 Å². The zero-order valence-electron chi connectivity index (χ0n) is 13.8. The molecule has 2 aromatic rings. The van der Waals surface area contributed by atoms with E-state index in [9.17, 15) is 0 Å². The highest BCUT2D eigenvalue weighted by Crippen LogP contribution is 2.13. The number of nitrogens with zero attached hydrogens (tertiary/aromatic N) is 1. The third-order valence-electron chi connectivity index (χ3n) is 4.14.